The molecular weight excluding hydrogens is 348 g/mol. The summed E-state index contributed by atoms with van der Waals surface area (Å²) < 4.78 is 1.14. The van der Waals surface area contributed by atoms with E-state index in [9.17, 15) is 0 Å². The maximum absolute atomic E-state index is 6.09. The van der Waals surface area contributed by atoms with Crippen molar-refractivity contribution in [1.82, 2.24) is 4.98 Å². The number of fused-ring (bicyclic) bond motifs is 1. The number of nitrogen functional groups attached to an aromatic ring is 1. The van der Waals surface area contributed by atoms with Gasteiger partial charge in [-0.2, -0.15) is 0 Å². The summed E-state index contributed by atoms with van der Waals surface area (Å²) in [5.74, 6) is 0. The highest BCUT2D eigenvalue weighted by Gasteiger charge is 2.20. The van der Waals surface area contributed by atoms with Gasteiger partial charge in [0.2, 0.25) is 0 Å². The van der Waals surface area contributed by atoms with E-state index < -0.39 is 0 Å². The predicted molar refractivity (Wildman–Crippen MR) is 119 cm³/mol. The van der Waals surface area contributed by atoms with Gasteiger partial charge >= 0.3 is 0 Å². The minimum atomic E-state index is 0.618. The van der Waals surface area contributed by atoms with Crippen molar-refractivity contribution >= 4 is 26.7 Å². The van der Waals surface area contributed by atoms with Crippen molar-refractivity contribution in [2.24, 2.45) is 0 Å². The predicted octanol–water partition coefficient (Wildman–Crippen LogP) is 6.75. The van der Waals surface area contributed by atoms with E-state index in [0.29, 0.717) is 5.13 Å². The zero-order chi connectivity index (χ0) is 19.3. The SMILES string of the molecule is Cc1cc(C)c(-c2c(-c3c(C)cccc3C)ccc3sc(N)nc23)c(C)c1. The van der Waals surface area contributed by atoms with Gasteiger partial charge in [-0.05, 0) is 79.6 Å². The van der Waals surface area contributed by atoms with Crippen molar-refractivity contribution in [3.8, 4) is 22.3 Å². The molecule has 1 heterocycles. The molecule has 2 nitrogen and oxygen atoms in total. The minimum Gasteiger partial charge on any atom is -0.375 e. The van der Waals surface area contributed by atoms with Gasteiger partial charge in [0.15, 0.2) is 5.13 Å². The number of benzene rings is 3. The Labute approximate surface area is 164 Å². The highest BCUT2D eigenvalue weighted by Crippen LogP contribution is 2.44. The first-order chi connectivity index (χ1) is 12.9. The van der Waals surface area contributed by atoms with Crippen LogP contribution in [0.15, 0.2) is 42.5 Å². The number of hydrogen-bond donors (Lipinski definition) is 1. The van der Waals surface area contributed by atoms with Crippen LogP contribution >= 0.6 is 11.3 Å². The Morgan fingerprint density at radius 1 is 0.741 bits per heavy atom. The van der Waals surface area contributed by atoms with Crippen LogP contribution in [0.3, 0.4) is 0 Å². The lowest BCUT2D eigenvalue weighted by Gasteiger charge is -2.19. The highest BCUT2D eigenvalue weighted by atomic mass is 32.1. The van der Waals surface area contributed by atoms with Gasteiger partial charge < -0.3 is 5.73 Å². The van der Waals surface area contributed by atoms with E-state index in [1.54, 1.807) is 11.3 Å². The summed E-state index contributed by atoms with van der Waals surface area (Å²) in [6, 6.07) is 15.4. The van der Waals surface area contributed by atoms with Crippen molar-refractivity contribution in [2.45, 2.75) is 34.6 Å². The zero-order valence-corrected chi connectivity index (χ0v) is 17.3. The largest absolute Gasteiger partial charge is 0.375 e. The molecule has 0 amide bonds. The second-order valence-electron chi connectivity index (χ2n) is 7.43. The van der Waals surface area contributed by atoms with Crippen LogP contribution in [-0.4, -0.2) is 4.98 Å². The molecule has 0 unspecified atom stereocenters. The summed E-state index contributed by atoms with van der Waals surface area (Å²) in [4.78, 5) is 4.74. The minimum absolute atomic E-state index is 0.618. The molecule has 27 heavy (non-hydrogen) atoms. The molecule has 3 heteroatoms. The molecule has 0 fully saturated rings. The maximum atomic E-state index is 6.09. The molecule has 0 saturated heterocycles. The first-order valence-electron chi connectivity index (χ1n) is 9.20. The topological polar surface area (TPSA) is 38.9 Å². The number of aryl methyl sites for hydroxylation is 5. The third-order valence-corrected chi connectivity index (χ3v) is 6.10. The average molecular weight is 373 g/mol. The number of aromatic nitrogens is 1. The standard InChI is InChI=1S/C24H24N2S/c1-13-11-16(4)21(17(5)12-13)22-18(20-14(2)7-6-8-15(20)3)9-10-19-23(22)26-24(25)27-19/h6-12H,1-5H3,(H2,25,26). The van der Waals surface area contributed by atoms with E-state index in [2.05, 4.69) is 77.1 Å². The van der Waals surface area contributed by atoms with Gasteiger partial charge in [0.1, 0.15) is 0 Å². The number of anilines is 1. The third kappa shape index (κ3) is 2.92. The van der Waals surface area contributed by atoms with Gasteiger partial charge in [0, 0.05) is 5.56 Å². The molecule has 0 saturated carbocycles. The van der Waals surface area contributed by atoms with E-state index in [1.807, 2.05) is 0 Å². The Morgan fingerprint density at radius 3 is 2.00 bits per heavy atom. The molecule has 1 aromatic heterocycles. The normalized spacial score (nSPS) is 11.3. The van der Waals surface area contributed by atoms with Gasteiger partial charge in [-0.1, -0.05) is 53.3 Å². The van der Waals surface area contributed by atoms with Gasteiger partial charge in [-0.15, -0.1) is 0 Å². The van der Waals surface area contributed by atoms with Gasteiger partial charge in [-0.3, -0.25) is 0 Å². The summed E-state index contributed by atoms with van der Waals surface area (Å²) in [6.45, 7) is 10.9. The molecule has 0 spiro atoms. The Morgan fingerprint density at radius 2 is 1.37 bits per heavy atom. The highest BCUT2D eigenvalue weighted by molar-refractivity contribution is 7.22. The lowest BCUT2D eigenvalue weighted by Crippen LogP contribution is -1.97. The maximum Gasteiger partial charge on any atom is 0.181 e. The first-order valence-corrected chi connectivity index (χ1v) is 10.0. The fourth-order valence-corrected chi connectivity index (χ4v) is 5.03. The second-order valence-corrected chi connectivity index (χ2v) is 8.49. The zero-order valence-electron chi connectivity index (χ0n) is 16.5. The van der Waals surface area contributed by atoms with Crippen LogP contribution in [-0.2, 0) is 0 Å². The van der Waals surface area contributed by atoms with Crippen molar-refractivity contribution in [2.75, 3.05) is 5.73 Å². The molecule has 0 aliphatic rings. The molecule has 4 rings (SSSR count). The first kappa shape index (κ1) is 17.7. The van der Waals surface area contributed by atoms with Gasteiger partial charge in [0.05, 0.1) is 10.2 Å². The molecule has 0 aliphatic carbocycles. The molecule has 0 atom stereocenters. The smallest absolute Gasteiger partial charge is 0.181 e. The van der Waals surface area contributed by atoms with Crippen LogP contribution in [0.5, 0.6) is 0 Å². The second kappa shape index (κ2) is 6.50. The fourth-order valence-electron chi connectivity index (χ4n) is 4.29. The van der Waals surface area contributed by atoms with Crippen molar-refractivity contribution < 1.29 is 0 Å². The number of nitrogens with two attached hydrogens (primary N) is 1. The molecule has 0 radical (unpaired) electrons. The van der Waals surface area contributed by atoms with E-state index in [0.717, 1.165) is 10.2 Å². The summed E-state index contributed by atoms with van der Waals surface area (Å²) in [7, 11) is 0. The third-order valence-electron chi connectivity index (χ3n) is 5.25. The van der Waals surface area contributed by atoms with Crippen LogP contribution in [0.2, 0.25) is 0 Å². The average Bonchev–Trinajstić information content (AvgIpc) is 2.95. The number of nitrogens with zero attached hydrogens (tertiary/aromatic N) is 1. The lowest BCUT2D eigenvalue weighted by molar-refractivity contribution is 1.31. The van der Waals surface area contributed by atoms with E-state index in [-0.39, 0.29) is 0 Å². The Hall–Kier alpha value is -2.65. The molecule has 0 aliphatic heterocycles. The van der Waals surface area contributed by atoms with E-state index in [4.69, 9.17) is 10.7 Å². The van der Waals surface area contributed by atoms with Gasteiger partial charge in [-0.25, -0.2) is 4.98 Å². The quantitative estimate of drug-likeness (QED) is 0.422. The van der Waals surface area contributed by atoms with E-state index in [1.165, 1.54) is 50.1 Å². The van der Waals surface area contributed by atoms with Crippen molar-refractivity contribution in [1.29, 1.82) is 0 Å². The monoisotopic (exact) mass is 372 g/mol. The van der Waals surface area contributed by atoms with Crippen LogP contribution in [0, 0.1) is 34.6 Å². The summed E-state index contributed by atoms with van der Waals surface area (Å²) in [5, 5.41) is 0.618. The van der Waals surface area contributed by atoms with Crippen LogP contribution in [0.25, 0.3) is 32.5 Å². The lowest BCUT2D eigenvalue weighted by atomic mass is 9.85. The van der Waals surface area contributed by atoms with Gasteiger partial charge in [0.25, 0.3) is 0 Å². The molecule has 2 N–H and O–H groups in total. The van der Waals surface area contributed by atoms with Crippen LogP contribution in [0.4, 0.5) is 5.13 Å². The van der Waals surface area contributed by atoms with Crippen molar-refractivity contribution in [3.05, 3.63) is 70.3 Å². The Balaban J connectivity index is 2.19. The molecule has 3 aromatic carbocycles. The Kier molecular flexibility index (Phi) is 4.27. The van der Waals surface area contributed by atoms with E-state index >= 15 is 0 Å². The fraction of sp³-hybridized carbons (Fsp3) is 0.208. The number of hydrogen-bond acceptors (Lipinski definition) is 3. The van der Waals surface area contributed by atoms with Crippen LogP contribution < -0.4 is 5.73 Å². The number of rotatable bonds is 2. The molecular formula is C24H24N2S. The molecule has 136 valence electrons. The summed E-state index contributed by atoms with van der Waals surface area (Å²) in [5.41, 5.74) is 18.5. The van der Waals surface area contributed by atoms with Crippen LogP contribution in [0.1, 0.15) is 27.8 Å². The summed E-state index contributed by atoms with van der Waals surface area (Å²) in [6.07, 6.45) is 0. The van der Waals surface area contributed by atoms with Crippen molar-refractivity contribution in [3.63, 3.8) is 0 Å². The number of thiazole rings is 1. The Bertz CT molecular complexity index is 1140. The summed E-state index contributed by atoms with van der Waals surface area (Å²) >= 11 is 1.55. The molecule has 0 bridgehead atoms. The molecule has 4 aromatic rings.